The van der Waals surface area contributed by atoms with E-state index in [2.05, 4.69) is 11.4 Å². The largest absolute Gasteiger partial charge is 0.333 e. The Labute approximate surface area is 186 Å². The van der Waals surface area contributed by atoms with Gasteiger partial charge in [0, 0.05) is 34.4 Å². The molecule has 156 valence electrons. The number of fused-ring (bicyclic) bond motifs is 1. The number of amides is 2. The van der Waals surface area contributed by atoms with E-state index in [0.29, 0.717) is 29.6 Å². The highest BCUT2D eigenvalue weighted by Gasteiger charge is 2.34. The number of benzene rings is 1. The lowest BCUT2D eigenvalue weighted by Gasteiger charge is -2.38. The zero-order valence-electron chi connectivity index (χ0n) is 16.8. The van der Waals surface area contributed by atoms with Crippen molar-refractivity contribution in [2.75, 3.05) is 19.6 Å². The summed E-state index contributed by atoms with van der Waals surface area (Å²) in [6.07, 6.45) is 2.88. The highest BCUT2D eigenvalue weighted by Crippen LogP contribution is 2.41. The molecule has 7 heteroatoms. The Balaban J connectivity index is 1.91. The molecular formula is C22H26Cl2N2O2S. The topological polar surface area (TPSA) is 40.6 Å². The first-order valence-electron chi connectivity index (χ1n) is 10.0. The fraction of sp³-hybridized carbons (Fsp3) is 0.455. The highest BCUT2D eigenvalue weighted by atomic mass is 35.5. The number of hydrogen-bond donors (Lipinski definition) is 0. The zero-order chi connectivity index (χ0) is 21.0. The van der Waals surface area contributed by atoms with E-state index in [0.717, 1.165) is 30.4 Å². The third-order valence-corrected chi connectivity index (χ3v) is 6.74. The van der Waals surface area contributed by atoms with Crippen molar-refractivity contribution in [1.82, 2.24) is 9.80 Å². The number of rotatable bonds is 7. The molecule has 2 amide bonds. The fourth-order valence-electron chi connectivity index (χ4n) is 3.83. The molecule has 0 bridgehead atoms. The maximum Gasteiger partial charge on any atom is 0.242 e. The molecule has 1 aliphatic heterocycles. The van der Waals surface area contributed by atoms with Crippen molar-refractivity contribution in [3.63, 3.8) is 0 Å². The van der Waals surface area contributed by atoms with Gasteiger partial charge in [-0.1, -0.05) is 43.1 Å². The summed E-state index contributed by atoms with van der Waals surface area (Å²) in [5, 5.41) is 3.17. The van der Waals surface area contributed by atoms with E-state index in [1.54, 1.807) is 28.4 Å². The van der Waals surface area contributed by atoms with E-state index in [9.17, 15) is 9.59 Å². The third-order valence-electron chi connectivity index (χ3n) is 5.18. The molecule has 2 heterocycles. The van der Waals surface area contributed by atoms with Crippen LogP contribution in [0.15, 0.2) is 29.6 Å². The van der Waals surface area contributed by atoms with E-state index in [1.807, 2.05) is 24.8 Å². The fourth-order valence-corrected chi connectivity index (χ4v) is 5.25. The first-order valence-corrected chi connectivity index (χ1v) is 11.7. The quantitative estimate of drug-likeness (QED) is 0.550. The summed E-state index contributed by atoms with van der Waals surface area (Å²) < 4.78 is 0. The van der Waals surface area contributed by atoms with Crippen molar-refractivity contribution in [3.05, 3.63) is 55.7 Å². The van der Waals surface area contributed by atoms with Crippen LogP contribution in [0, 0.1) is 0 Å². The molecule has 3 rings (SSSR count). The number of carbonyl (C=O) groups excluding carboxylic acids is 2. The maximum absolute atomic E-state index is 13.4. The Bertz CT molecular complexity index is 883. The lowest BCUT2D eigenvalue weighted by Crippen LogP contribution is -2.47. The molecule has 1 unspecified atom stereocenters. The van der Waals surface area contributed by atoms with Gasteiger partial charge in [-0.2, -0.15) is 0 Å². The van der Waals surface area contributed by atoms with Gasteiger partial charge in [-0.25, -0.2) is 0 Å². The Kier molecular flexibility index (Phi) is 7.60. The summed E-state index contributed by atoms with van der Waals surface area (Å²) in [6.45, 7) is 5.30. The summed E-state index contributed by atoms with van der Waals surface area (Å²) in [6, 6.07) is 7.23. The first kappa shape index (κ1) is 22.1. The molecule has 29 heavy (non-hydrogen) atoms. The molecular weight excluding hydrogens is 427 g/mol. The van der Waals surface area contributed by atoms with Crippen molar-refractivity contribution < 1.29 is 9.59 Å². The van der Waals surface area contributed by atoms with Gasteiger partial charge in [0.2, 0.25) is 11.8 Å². The van der Waals surface area contributed by atoms with E-state index >= 15 is 0 Å². The summed E-state index contributed by atoms with van der Waals surface area (Å²) in [7, 11) is 0. The van der Waals surface area contributed by atoms with Gasteiger partial charge < -0.3 is 9.80 Å². The van der Waals surface area contributed by atoms with Crippen molar-refractivity contribution in [2.45, 2.75) is 45.6 Å². The molecule has 0 aliphatic carbocycles. The predicted molar refractivity (Wildman–Crippen MR) is 120 cm³/mol. The molecule has 1 aromatic heterocycles. The van der Waals surface area contributed by atoms with Crippen LogP contribution in [0.3, 0.4) is 0 Å². The van der Waals surface area contributed by atoms with E-state index < -0.39 is 0 Å². The van der Waals surface area contributed by atoms with E-state index in [4.69, 9.17) is 23.2 Å². The SMILES string of the molecule is CCCC(=O)N(CCC)CC(=O)N1CCc2sccc2C1c1ccc(Cl)cc1Cl. The molecule has 1 atom stereocenters. The molecule has 0 radical (unpaired) electrons. The number of thiophene rings is 1. The minimum absolute atomic E-state index is 0.0389. The van der Waals surface area contributed by atoms with Gasteiger partial charge >= 0.3 is 0 Å². The number of halogens is 2. The van der Waals surface area contributed by atoms with Crippen molar-refractivity contribution >= 4 is 46.4 Å². The standard InChI is InChI=1S/C22H26Cl2N2O2S/c1-3-5-20(27)25(10-4-2)14-21(28)26-11-8-19-17(9-12-29-19)22(26)16-7-6-15(23)13-18(16)24/h6-7,9,12-13,22H,3-5,8,10-11,14H2,1-2H3. The van der Waals surface area contributed by atoms with Crippen LogP contribution in [0.5, 0.6) is 0 Å². The Morgan fingerprint density at radius 1 is 1.17 bits per heavy atom. The van der Waals surface area contributed by atoms with Crippen molar-refractivity contribution in [2.24, 2.45) is 0 Å². The molecule has 0 fully saturated rings. The van der Waals surface area contributed by atoms with Crippen LogP contribution < -0.4 is 0 Å². The Hall–Kier alpha value is -1.56. The van der Waals surface area contributed by atoms with Crippen molar-refractivity contribution in [1.29, 1.82) is 0 Å². The smallest absolute Gasteiger partial charge is 0.242 e. The van der Waals surface area contributed by atoms with Gasteiger partial charge in [-0.15, -0.1) is 11.3 Å². The van der Waals surface area contributed by atoms with Crippen LogP contribution >= 0.6 is 34.5 Å². The lowest BCUT2D eigenvalue weighted by atomic mass is 9.93. The Morgan fingerprint density at radius 3 is 2.66 bits per heavy atom. The number of hydrogen-bond acceptors (Lipinski definition) is 3. The van der Waals surface area contributed by atoms with Gasteiger partial charge in [-0.3, -0.25) is 9.59 Å². The minimum Gasteiger partial charge on any atom is -0.333 e. The summed E-state index contributed by atoms with van der Waals surface area (Å²) in [5.74, 6) is -0.00669. The normalized spacial score (nSPS) is 15.9. The first-order chi connectivity index (χ1) is 14.0. The van der Waals surface area contributed by atoms with E-state index in [1.165, 1.54) is 4.88 Å². The zero-order valence-corrected chi connectivity index (χ0v) is 19.1. The molecule has 1 aromatic carbocycles. The molecule has 0 saturated carbocycles. The molecule has 0 saturated heterocycles. The highest BCUT2D eigenvalue weighted by molar-refractivity contribution is 7.10. The molecule has 0 N–H and O–H groups in total. The second-order valence-electron chi connectivity index (χ2n) is 7.27. The number of carbonyl (C=O) groups is 2. The average Bonchev–Trinajstić information content (AvgIpc) is 3.16. The average molecular weight is 453 g/mol. The summed E-state index contributed by atoms with van der Waals surface area (Å²) in [5.41, 5.74) is 1.98. The van der Waals surface area contributed by atoms with Gasteiger partial charge in [-0.05, 0) is 54.0 Å². The van der Waals surface area contributed by atoms with Crippen molar-refractivity contribution in [3.8, 4) is 0 Å². The van der Waals surface area contributed by atoms with Gasteiger partial charge in [0.1, 0.15) is 0 Å². The van der Waals surface area contributed by atoms with Crippen LogP contribution in [0.1, 0.15) is 55.2 Å². The minimum atomic E-state index is -0.257. The summed E-state index contributed by atoms with van der Waals surface area (Å²) in [4.78, 5) is 30.7. The van der Waals surface area contributed by atoms with Crippen LogP contribution in [0.2, 0.25) is 10.0 Å². The molecule has 1 aliphatic rings. The Morgan fingerprint density at radius 2 is 1.97 bits per heavy atom. The molecule has 2 aromatic rings. The maximum atomic E-state index is 13.4. The monoisotopic (exact) mass is 452 g/mol. The molecule has 4 nitrogen and oxygen atoms in total. The van der Waals surface area contributed by atoms with Crippen LogP contribution in [0.4, 0.5) is 0 Å². The van der Waals surface area contributed by atoms with Crippen LogP contribution in [-0.4, -0.2) is 41.2 Å². The van der Waals surface area contributed by atoms with Gasteiger partial charge in [0.05, 0.1) is 12.6 Å². The van der Waals surface area contributed by atoms with Crippen LogP contribution in [-0.2, 0) is 16.0 Å². The lowest BCUT2D eigenvalue weighted by molar-refractivity contribution is -0.141. The van der Waals surface area contributed by atoms with Gasteiger partial charge in [0.25, 0.3) is 0 Å². The predicted octanol–water partition coefficient (Wildman–Crippen LogP) is 5.57. The third kappa shape index (κ3) is 4.96. The van der Waals surface area contributed by atoms with Gasteiger partial charge in [0.15, 0.2) is 0 Å². The second kappa shape index (κ2) is 9.96. The van der Waals surface area contributed by atoms with E-state index in [-0.39, 0.29) is 24.4 Å². The van der Waals surface area contributed by atoms with Crippen LogP contribution in [0.25, 0.3) is 0 Å². The second-order valence-corrected chi connectivity index (χ2v) is 9.11. The number of nitrogens with zero attached hydrogens (tertiary/aromatic N) is 2. The molecule has 0 spiro atoms. The summed E-state index contributed by atoms with van der Waals surface area (Å²) >= 11 is 14.3.